The van der Waals surface area contributed by atoms with Crippen molar-refractivity contribution in [1.29, 1.82) is 5.26 Å². The summed E-state index contributed by atoms with van der Waals surface area (Å²) in [4.78, 5) is 0. The molecule has 2 N–H and O–H groups in total. The third kappa shape index (κ3) is 2.38. The molecular weight excluding hydrogens is 200 g/mol. The maximum absolute atomic E-state index is 8.48. The molecule has 0 amide bonds. The molecule has 0 unspecified atom stereocenters. The molecule has 0 aliphatic carbocycles. The minimum atomic E-state index is -0.289. The molecule has 0 fully saturated rings. The minimum absolute atomic E-state index is 0.280. The summed E-state index contributed by atoms with van der Waals surface area (Å²) in [5.74, 6) is 0.611. The lowest BCUT2D eigenvalue weighted by atomic mass is 10.1. The van der Waals surface area contributed by atoms with Crippen molar-refractivity contribution in [1.82, 2.24) is 0 Å². The van der Waals surface area contributed by atoms with Crippen LogP contribution in [0.5, 0.6) is 5.75 Å². The van der Waals surface area contributed by atoms with Gasteiger partial charge in [0.2, 0.25) is 0 Å². The van der Waals surface area contributed by atoms with Crippen molar-refractivity contribution in [2.24, 2.45) is 5.73 Å². The Balaban J connectivity index is 2.92. The van der Waals surface area contributed by atoms with Gasteiger partial charge in [-0.2, -0.15) is 5.26 Å². The van der Waals surface area contributed by atoms with Crippen molar-refractivity contribution < 1.29 is 4.74 Å². The monoisotopic (exact) mass is 210 g/mol. The van der Waals surface area contributed by atoms with Crippen LogP contribution in [0.15, 0.2) is 18.2 Å². The Morgan fingerprint density at radius 1 is 1.64 bits per heavy atom. The van der Waals surface area contributed by atoms with Crippen LogP contribution in [0.25, 0.3) is 0 Å². The number of hydrogen-bond donors (Lipinski definition) is 1. The topological polar surface area (TPSA) is 59.0 Å². The molecule has 0 aromatic heterocycles. The number of benzene rings is 1. The molecule has 0 aliphatic heterocycles. The molecule has 1 rings (SSSR count). The first-order valence-corrected chi connectivity index (χ1v) is 4.52. The smallest absolute Gasteiger partial charge is 0.137 e. The highest BCUT2D eigenvalue weighted by atomic mass is 35.5. The third-order valence-corrected chi connectivity index (χ3v) is 2.21. The Labute approximate surface area is 88.0 Å². The Morgan fingerprint density at radius 3 is 2.86 bits per heavy atom. The predicted molar refractivity (Wildman–Crippen MR) is 55.2 cm³/mol. The zero-order chi connectivity index (χ0) is 10.6. The summed E-state index contributed by atoms with van der Waals surface area (Å²) in [7, 11) is 1.55. The fraction of sp³-hybridized carbons (Fsp3) is 0.300. The van der Waals surface area contributed by atoms with Crippen molar-refractivity contribution in [3.05, 3.63) is 28.8 Å². The van der Waals surface area contributed by atoms with E-state index in [9.17, 15) is 0 Å². The largest absolute Gasteiger partial charge is 0.495 e. The van der Waals surface area contributed by atoms with Crippen LogP contribution in [0, 0.1) is 11.3 Å². The van der Waals surface area contributed by atoms with Gasteiger partial charge in [-0.05, 0) is 17.7 Å². The highest BCUT2D eigenvalue weighted by Gasteiger charge is 2.08. The molecule has 14 heavy (non-hydrogen) atoms. The van der Waals surface area contributed by atoms with Gasteiger partial charge in [-0.15, -0.1) is 0 Å². The van der Waals surface area contributed by atoms with E-state index in [1.165, 1.54) is 0 Å². The molecule has 0 heterocycles. The van der Waals surface area contributed by atoms with Gasteiger partial charge in [-0.1, -0.05) is 17.7 Å². The summed E-state index contributed by atoms with van der Waals surface area (Å²) in [6.07, 6.45) is 0.280. The van der Waals surface area contributed by atoms with E-state index >= 15 is 0 Å². The van der Waals surface area contributed by atoms with Crippen LogP contribution in [0.4, 0.5) is 0 Å². The number of hydrogen-bond acceptors (Lipinski definition) is 3. The molecule has 4 heteroatoms. The van der Waals surface area contributed by atoms with E-state index in [1.54, 1.807) is 19.2 Å². The zero-order valence-electron chi connectivity index (χ0n) is 7.83. The average molecular weight is 211 g/mol. The van der Waals surface area contributed by atoms with Crippen molar-refractivity contribution in [3.8, 4) is 11.8 Å². The quantitative estimate of drug-likeness (QED) is 0.833. The Morgan fingerprint density at radius 2 is 2.36 bits per heavy atom. The van der Waals surface area contributed by atoms with Crippen molar-refractivity contribution in [2.75, 3.05) is 7.11 Å². The Bertz CT molecular complexity index is 360. The van der Waals surface area contributed by atoms with Gasteiger partial charge in [-0.25, -0.2) is 0 Å². The van der Waals surface area contributed by atoms with E-state index in [0.717, 1.165) is 5.56 Å². The Kier molecular flexibility index (Phi) is 3.75. The maximum Gasteiger partial charge on any atom is 0.137 e. The number of rotatable bonds is 3. The van der Waals surface area contributed by atoms with Crippen molar-refractivity contribution in [2.45, 2.75) is 12.5 Å². The van der Waals surface area contributed by atoms with Gasteiger partial charge in [0, 0.05) is 6.04 Å². The molecule has 3 nitrogen and oxygen atoms in total. The fourth-order valence-corrected chi connectivity index (χ4v) is 1.40. The summed E-state index contributed by atoms with van der Waals surface area (Å²) in [5.41, 5.74) is 6.59. The molecule has 1 aromatic rings. The second-order valence-corrected chi connectivity index (χ2v) is 3.27. The van der Waals surface area contributed by atoms with Gasteiger partial charge in [0.1, 0.15) is 5.75 Å². The molecule has 1 atom stereocenters. The molecule has 0 saturated carbocycles. The summed E-state index contributed by atoms with van der Waals surface area (Å²) in [6.45, 7) is 0. The molecular formula is C10H11ClN2O. The standard InChI is InChI=1S/C10H11ClN2O/c1-14-10-3-2-7(6-8(10)11)9(13)4-5-12/h2-3,6,9H,4,13H2,1H3/t9-/m1/s1. The van der Waals surface area contributed by atoms with E-state index in [2.05, 4.69) is 0 Å². The molecule has 0 radical (unpaired) electrons. The Hall–Kier alpha value is -1.24. The third-order valence-electron chi connectivity index (χ3n) is 1.92. The van der Waals surface area contributed by atoms with Crippen molar-refractivity contribution in [3.63, 3.8) is 0 Å². The lowest BCUT2D eigenvalue weighted by Gasteiger charge is -2.09. The van der Waals surface area contributed by atoms with Gasteiger partial charge < -0.3 is 10.5 Å². The predicted octanol–water partition coefficient (Wildman–Crippen LogP) is 2.26. The molecule has 0 bridgehead atoms. The molecule has 74 valence electrons. The van der Waals surface area contributed by atoms with Crippen LogP contribution < -0.4 is 10.5 Å². The second-order valence-electron chi connectivity index (χ2n) is 2.86. The van der Waals surface area contributed by atoms with Gasteiger partial charge >= 0.3 is 0 Å². The number of halogens is 1. The lowest BCUT2D eigenvalue weighted by molar-refractivity contribution is 0.414. The van der Waals surface area contributed by atoms with Crippen LogP contribution in [0.1, 0.15) is 18.0 Å². The van der Waals surface area contributed by atoms with Gasteiger partial charge in [0.15, 0.2) is 0 Å². The number of methoxy groups -OCH3 is 1. The fourth-order valence-electron chi connectivity index (χ4n) is 1.13. The average Bonchev–Trinajstić information content (AvgIpc) is 2.18. The van der Waals surface area contributed by atoms with Gasteiger partial charge in [-0.3, -0.25) is 0 Å². The van der Waals surface area contributed by atoms with E-state index in [0.29, 0.717) is 10.8 Å². The van der Waals surface area contributed by atoms with E-state index in [1.807, 2.05) is 12.1 Å². The van der Waals surface area contributed by atoms with E-state index in [-0.39, 0.29) is 12.5 Å². The van der Waals surface area contributed by atoms with Crippen LogP contribution in [-0.4, -0.2) is 7.11 Å². The minimum Gasteiger partial charge on any atom is -0.495 e. The molecule has 1 aromatic carbocycles. The van der Waals surface area contributed by atoms with Gasteiger partial charge in [0.25, 0.3) is 0 Å². The number of ether oxygens (including phenoxy) is 1. The lowest BCUT2D eigenvalue weighted by Crippen LogP contribution is -2.09. The number of nitriles is 1. The first-order chi connectivity index (χ1) is 6.69. The SMILES string of the molecule is COc1ccc([C@H](N)CC#N)cc1Cl. The normalized spacial score (nSPS) is 11.9. The zero-order valence-corrected chi connectivity index (χ0v) is 8.58. The van der Waals surface area contributed by atoms with E-state index < -0.39 is 0 Å². The van der Waals surface area contributed by atoms with Crippen LogP contribution >= 0.6 is 11.6 Å². The number of nitrogens with two attached hydrogens (primary N) is 1. The first-order valence-electron chi connectivity index (χ1n) is 4.15. The highest BCUT2D eigenvalue weighted by Crippen LogP contribution is 2.27. The summed E-state index contributed by atoms with van der Waals surface area (Å²) in [6, 6.07) is 7.01. The summed E-state index contributed by atoms with van der Waals surface area (Å²) in [5, 5.41) is 8.99. The molecule has 0 saturated heterocycles. The van der Waals surface area contributed by atoms with Gasteiger partial charge in [0.05, 0.1) is 24.6 Å². The van der Waals surface area contributed by atoms with Crippen molar-refractivity contribution >= 4 is 11.6 Å². The van der Waals surface area contributed by atoms with Crippen LogP contribution in [0.2, 0.25) is 5.02 Å². The second kappa shape index (κ2) is 4.85. The molecule has 0 aliphatic rings. The van der Waals surface area contributed by atoms with E-state index in [4.69, 9.17) is 27.3 Å². The van der Waals surface area contributed by atoms with Crippen LogP contribution in [0.3, 0.4) is 0 Å². The summed E-state index contributed by atoms with van der Waals surface area (Å²) < 4.78 is 5.00. The van der Waals surface area contributed by atoms with Crippen LogP contribution in [-0.2, 0) is 0 Å². The highest BCUT2D eigenvalue weighted by molar-refractivity contribution is 6.32. The molecule has 0 spiro atoms. The summed E-state index contributed by atoms with van der Waals surface area (Å²) >= 11 is 5.91. The maximum atomic E-state index is 8.48. The number of nitrogens with zero attached hydrogens (tertiary/aromatic N) is 1. The first kappa shape index (κ1) is 10.8.